The van der Waals surface area contributed by atoms with Gasteiger partial charge in [-0.3, -0.25) is 14.2 Å². The lowest BCUT2D eigenvalue weighted by Gasteiger charge is -2.19. The highest BCUT2D eigenvalue weighted by molar-refractivity contribution is 7.17. The Labute approximate surface area is 193 Å². The summed E-state index contributed by atoms with van der Waals surface area (Å²) in [6.07, 6.45) is 0. The van der Waals surface area contributed by atoms with E-state index in [1.165, 1.54) is 9.95 Å². The van der Waals surface area contributed by atoms with Crippen LogP contribution in [-0.2, 0) is 4.79 Å². The summed E-state index contributed by atoms with van der Waals surface area (Å²) in [5.41, 5.74) is 1.51. The maximum Gasteiger partial charge on any atom is 0.337 e. The molecule has 33 heavy (non-hydrogen) atoms. The number of amides is 1. The quantitative estimate of drug-likeness (QED) is 0.440. The molecule has 2 aromatic carbocycles. The Morgan fingerprint density at radius 3 is 2.39 bits per heavy atom. The van der Waals surface area contributed by atoms with Crippen LogP contribution in [0.3, 0.4) is 0 Å². The van der Waals surface area contributed by atoms with Crippen molar-refractivity contribution in [3.8, 4) is 17.1 Å². The zero-order chi connectivity index (χ0) is 23.7. The van der Waals surface area contributed by atoms with Crippen molar-refractivity contribution >= 4 is 39.1 Å². The number of hydrogen-bond acceptors (Lipinski definition) is 6. The lowest BCUT2D eigenvalue weighted by molar-refractivity contribution is -0.118. The van der Waals surface area contributed by atoms with Gasteiger partial charge < -0.3 is 15.2 Å². The molecule has 1 unspecified atom stereocenters. The number of rotatable bonds is 6. The number of aromatic nitrogens is 2. The molecule has 2 heterocycles. The Balaban J connectivity index is 1.84. The van der Waals surface area contributed by atoms with Gasteiger partial charge in [-0.15, -0.1) is 11.3 Å². The molecule has 2 aromatic heterocycles. The lowest BCUT2D eigenvalue weighted by atomic mass is 10.1. The summed E-state index contributed by atoms with van der Waals surface area (Å²) in [5, 5.41) is 13.7. The largest absolute Gasteiger partial charge is 0.497 e. The van der Waals surface area contributed by atoms with Gasteiger partial charge in [0.1, 0.15) is 22.4 Å². The molecule has 168 valence electrons. The van der Waals surface area contributed by atoms with E-state index in [1.807, 2.05) is 31.2 Å². The van der Waals surface area contributed by atoms with Crippen LogP contribution >= 0.6 is 11.3 Å². The monoisotopic (exact) mass is 463 g/mol. The summed E-state index contributed by atoms with van der Waals surface area (Å²) in [4.78, 5) is 43.2. The van der Waals surface area contributed by atoms with Gasteiger partial charge in [0.25, 0.3) is 5.56 Å². The first-order chi connectivity index (χ1) is 15.8. The number of fused-ring (bicyclic) bond motifs is 1. The van der Waals surface area contributed by atoms with E-state index in [4.69, 9.17) is 4.74 Å². The number of ether oxygens (including phenoxy) is 1. The summed E-state index contributed by atoms with van der Waals surface area (Å²) in [6, 6.07) is 13.2. The van der Waals surface area contributed by atoms with Crippen molar-refractivity contribution in [1.82, 2.24) is 9.55 Å². The molecule has 8 nitrogen and oxygen atoms in total. The topological polar surface area (TPSA) is 111 Å². The summed E-state index contributed by atoms with van der Waals surface area (Å²) in [6.45, 7) is 3.52. The number of methoxy groups -OCH3 is 1. The predicted octanol–water partition coefficient (Wildman–Crippen LogP) is 4.34. The molecule has 0 bridgehead atoms. The van der Waals surface area contributed by atoms with Gasteiger partial charge in [0.15, 0.2) is 0 Å². The molecule has 2 N–H and O–H groups in total. The smallest absolute Gasteiger partial charge is 0.337 e. The van der Waals surface area contributed by atoms with E-state index in [0.717, 1.165) is 16.9 Å². The number of nitrogens with zero attached hydrogens (tertiary/aromatic N) is 2. The molecule has 0 radical (unpaired) electrons. The number of carboxylic acids is 1. The third-order valence-electron chi connectivity index (χ3n) is 5.30. The van der Waals surface area contributed by atoms with E-state index in [-0.39, 0.29) is 10.9 Å². The van der Waals surface area contributed by atoms with E-state index in [2.05, 4.69) is 10.3 Å². The molecule has 4 aromatic rings. The van der Waals surface area contributed by atoms with E-state index >= 15 is 0 Å². The summed E-state index contributed by atoms with van der Waals surface area (Å²) < 4.78 is 6.39. The Morgan fingerprint density at radius 1 is 1.12 bits per heavy atom. The molecular weight excluding hydrogens is 442 g/mol. The predicted molar refractivity (Wildman–Crippen MR) is 127 cm³/mol. The molecule has 0 spiro atoms. The first kappa shape index (κ1) is 22.2. The molecule has 0 aliphatic carbocycles. The average molecular weight is 464 g/mol. The molecule has 0 aliphatic rings. The molecular formula is C24H21N3O5S. The summed E-state index contributed by atoms with van der Waals surface area (Å²) in [5.74, 6) is -0.718. The maximum absolute atomic E-state index is 13.5. The van der Waals surface area contributed by atoms with Crippen LogP contribution in [0.5, 0.6) is 5.75 Å². The zero-order valence-electron chi connectivity index (χ0n) is 18.2. The van der Waals surface area contributed by atoms with E-state index in [0.29, 0.717) is 27.7 Å². The number of carbonyl (C=O) groups excluding carboxylic acids is 1. The van der Waals surface area contributed by atoms with Crippen molar-refractivity contribution in [3.05, 3.63) is 75.4 Å². The van der Waals surface area contributed by atoms with Gasteiger partial charge in [0.05, 0.1) is 18.1 Å². The molecule has 1 amide bonds. The fourth-order valence-electron chi connectivity index (χ4n) is 3.46. The molecule has 0 aliphatic heterocycles. The number of aromatic carboxylic acids is 1. The second-order valence-corrected chi connectivity index (χ2v) is 8.36. The minimum Gasteiger partial charge on any atom is -0.497 e. The minimum absolute atomic E-state index is 0.00698. The number of aryl methyl sites for hydroxylation is 1. The van der Waals surface area contributed by atoms with Crippen molar-refractivity contribution in [2.75, 3.05) is 12.4 Å². The molecule has 9 heteroatoms. The molecule has 1 atom stereocenters. The number of carbonyl (C=O) groups is 2. The van der Waals surface area contributed by atoms with Crippen LogP contribution in [0, 0.1) is 6.92 Å². The first-order valence-corrected chi connectivity index (χ1v) is 11.0. The second kappa shape index (κ2) is 8.87. The van der Waals surface area contributed by atoms with E-state index < -0.39 is 23.5 Å². The SMILES string of the molecule is COc1ccc(NC(=O)C(C)n2c(-c3ccc(C)cc3)nc3scc(C(=O)O)c3c2=O)cc1. The van der Waals surface area contributed by atoms with Crippen LogP contribution in [0.2, 0.25) is 0 Å². The number of thiophene rings is 1. The van der Waals surface area contributed by atoms with Crippen LogP contribution in [0.25, 0.3) is 21.6 Å². The number of anilines is 1. The van der Waals surface area contributed by atoms with E-state index in [9.17, 15) is 19.5 Å². The third-order valence-corrected chi connectivity index (χ3v) is 6.18. The molecule has 4 rings (SSSR count). The van der Waals surface area contributed by atoms with E-state index in [1.54, 1.807) is 38.3 Å². The van der Waals surface area contributed by atoms with Crippen LogP contribution in [0.1, 0.15) is 28.9 Å². The summed E-state index contributed by atoms with van der Waals surface area (Å²) in [7, 11) is 1.55. The Hall–Kier alpha value is -3.98. The van der Waals surface area contributed by atoms with Gasteiger partial charge in [-0.2, -0.15) is 0 Å². The van der Waals surface area contributed by atoms with Gasteiger partial charge in [-0.1, -0.05) is 29.8 Å². The van der Waals surface area contributed by atoms with Crippen LogP contribution in [-0.4, -0.2) is 33.6 Å². The van der Waals surface area contributed by atoms with Gasteiger partial charge in [0.2, 0.25) is 5.91 Å². The maximum atomic E-state index is 13.5. The van der Waals surface area contributed by atoms with Gasteiger partial charge in [-0.05, 0) is 38.1 Å². The second-order valence-electron chi connectivity index (χ2n) is 7.50. The van der Waals surface area contributed by atoms with Crippen molar-refractivity contribution in [3.63, 3.8) is 0 Å². The zero-order valence-corrected chi connectivity index (χ0v) is 19.0. The van der Waals surface area contributed by atoms with Crippen molar-refractivity contribution in [1.29, 1.82) is 0 Å². The highest BCUT2D eigenvalue weighted by Crippen LogP contribution is 2.28. The average Bonchev–Trinajstić information content (AvgIpc) is 3.24. The van der Waals surface area contributed by atoms with Gasteiger partial charge in [-0.25, -0.2) is 9.78 Å². The molecule has 0 saturated heterocycles. The molecule has 0 fully saturated rings. The fraction of sp³-hybridized carbons (Fsp3) is 0.167. The summed E-state index contributed by atoms with van der Waals surface area (Å²) >= 11 is 1.09. The fourth-order valence-corrected chi connectivity index (χ4v) is 4.37. The lowest BCUT2D eigenvalue weighted by Crippen LogP contribution is -2.33. The number of nitrogens with one attached hydrogen (secondary N) is 1. The normalized spacial score (nSPS) is 11.8. The van der Waals surface area contributed by atoms with Crippen molar-refractivity contribution in [2.24, 2.45) is 0 Å². The van der Waals surface area contributed by atoms with Crippen LogP contribution in [0.4, 0.5) is 5.69 Å². The van der Waals surface area contributed by atoms with Crippen LogP contribution in [0.15, 0.2) is 58.7 Å². The number of benzene rings is 2. The van der Waals surface area contributed by atoms with Gasteiger partial charge >= 0.3 is 5.97 Å². The van der Waals surface area contributed by atoms with Gasteiger partial charge in [0, 0.05) is 16.6 Å². The highest BCUT2D eigenvalue weighted by atomic mass is 32.1. The van der Waals surface area contributed by atoms with Crippen LogP contribution < -0.4 is 15.6 Å². The Morgan fingerprint density at radius 2 is 1.79 bits per heavy atom. The Kier molecular flexibility index (Phi) is 5.97. The number of hydrogen-bond donors (Lipinski definition) is 2. The molecule has 0 saturated carbocycles. The standard InChI is InChI=1S/C24H21N3O5S/c1-13-4-6-15(7-5-13)20-26-22-19(18(12-33-22)24(30)31)23(29)27(20)14(2)21(28)25-16-8-10-17(32-3)11-9-16/h4-12,14H,1-3H3,(H,25,28)(H,30,31). The van der Waals surface area contributed by atoms with Crippen molar-refractivity contribution in [2.45, 2.75) is 19.9 Å². The minimum atomic E-state index is -1.22. The first-order valence-electron chi connectivity index (χ1n) is 10.1. The van der Waals surface area contributed by atoms with Crippen molar-refractivity contribution < 1.29 is 19.4 Å². The Bertz CT molecular complexity index is 1410. The highest BCUT2D eigenvalue weighted by Gasteiger charge is 2.26. The third kappa shape index (κ3) is 4.22. The number of carboxylic acid groups (broad SMARTS) is 1.